The summed E-state index contributed by atoms with van der Waals surface area (Å²) in [6, 6.07) is 6.68. The minimum Gasteiger partial charge on any atom is -0.351 e. The molecule has 2 aliphatic heterocycles. The van der Waals surface area contributed by atoms with Crippen LogP contribution in [-0.2, 0) is 21.4 Å². The topological polar surface area (TPSA) is 78.5 Å². The summed E-state index contributed by atoms with van der Waals surface area (Å²) in [6.45, 7) is 1.62. The first-order valence-corrected chi connectivity index (χ1v) is 10.8. The molecule has 2 N–H and O–H groups in total. The number of carbonyl (C=O) groups excluding carboxylic acids is 1. The maximum atomic E-state index is 12.6. The number of carbonyl (C=O) groups is 1. The quantitative estimate of drug-likeness (QED) is 0.777. The van der Waals surface area contributed by atoms with E-state index in [2.05, 4.69) is 10.6 Å². The lowest BCUT2D eigenvalue weighted by Crippen LogP contribution is -2.41. The van der Waals surface area contributed by atoms with E-state index in [1.807, 2.05) is 0 Å². The van der Waals surface area contributed by atoms with E-state index in [1.54, 1.807) is 40.3 Å². The highest BCUT2D eigenvalue weighted by atomic mass is 35.5. The number of nitrogens with zero attached hydrogens (tertiary/aromatic N) is 1. The monoisotopic (exact) mass is 405 g/mol. The molecule has 1 amide bonds. The van der Waals surface area contributed by atoms with Crippen molar-refractivity contribution in [2.24, 2.45) is 0 Å². The molecule has 0 spiro atoms. The van der Waals surface area contributed by atoms with Crippen molar-refractivity contribution in [1.82, 2.24) is 14.9 Å². The molecule has 6 nitrogen and oxygen atoms in total. The summed E-state index contributed by atoms with van der Waals surface area (Å²) >= 11 is 1.71. The molecule has 3 rings (SSSR count). The zero-order valence-corrected chi connectivity index (χ0v) is 16.4. The molecule has 0 bridgehead atoms. The van der Waals surface area contributed by atoms with Gasteiger partial charge in [-0.25, -0.2) is 8.42 Å². The van der Waals surface area contributed by atoms with E-state index in [-0.39, 0.29) is 24.4 Å². The number of piperidine rings is 1. The van der Waals surface area contributed by atoms with Crippen molar-refractivity contribution in [3.8, 4) is 0 Å². The Kier molecular flexibility index (Phi) is 7.57. The van der Waals surface area contributed by atoms with Gasteiger partial charge in [0.1, 0.15) is 0 Å². The first kappa shape index (κ1) is 20.5. The molecule has 1 unspecified atom stereocenters. The van der Waals surface area contributed by atoms with Crippen molar-refractivity contribution in [2.45, 2.75) is 36.7 Å². The fraction of sp³-hybridized carbons (Fsp3) is 0.562. The maximum absolute atomic E-state index is 12.6. The summed E-state index contributed by atoms with van der Waals surface area (Å²) in [5.74, 6) is 1.59. The highest BCUT2D eigenvalue weighted by Crippen LogP contribution is 2.20. The number of hydrogen-bond donors (Lipinski definition) is 2. The summed E-state index contributed by atoms with van der Waals surface area (Å²) in [5, 5.41) is 6.01. The number of amides is 1. The predicted molar refractivity (Wildman–Crippen MR) is 102 cm³/mol. The van der Waals surface area contributed by atoms with Gasteiger partial charge in [0.15, 0.2) is 0 Å². The van der Waals surface area contributed by atoms with Crippen molar-refractivity contribution < 1.29 is 13.2 Å². The molecule has 1 aromatic rings. The first-order valence-electron chi connectivity index (χ1n) is 8.25. The summed E-state index contributed by atoms with van der Waals surface area (Å²) in [6.07, 6.45) is 2.95. The molecule has 1 atom stereocenters. The van der Waals surface area contributed by atoms with E-state index in [4.69, 9.17) is 0 Å². The summed E-state index contributed by atoms with van der Waals surface area (Å²) in [7, 11) is -3.39. The van der Waals surface area contributed by atoms with Crippen LogP contribution in [-0.4, -0.2) is 49.4 Å². The Labute approximate surface area is 159 Å². The number of nitrogens with one attached hydrogen (secondary N) is 2. The van der Waals surface area contributed by atoms with Crippen LogP contribution >= 0.6 is 24.2 Å². The van der Waals surface area contributed by atoms with E-state index in [0.29, 0.717) is 24.5 Å². The fourth-order valence-electron chi connectivity index (χ4n) is 2.91. The van der Waals surface area contributed by atoms with Crippen molar-refractivity contribution in [3.05, 3.63) is 29.8 Å². The first-order chi connectivity index (χ1) is 11.6. The van der Waals surface area contributed by atoms with Crippen molar-refractivity contribution >= 4 is 40.1 Å². The number of halogens is 1. The van der Waals surface area contributed by atoms with E-state index in [9.17, 15) is 13.2 Å². The molecule has 2 saturated heterocycles. The Morgan fingerprint density at radius 1 is 1.20 bits per heavy atom. The van der Waals surface area contributed by atoms with Crippen LogP contribution in [0.15, 0.2) is 29.2 Å². The average Bonchev–Trinajstić information content (AvgIpc) is 3.15. The van der Waals surface area contributed by atoms with Gasteiger partial charge in [-0.1, -0.05) is 18.6 Å². The standard InChI is InChI=1S/C16H23N3O3S2.ClH/c20-16(15-11-23-12-18-15)17-10-13-4-6-14(7-5-13)24(21,22)19-8-2-1-3-9-19;/h4-7,15,18H,1-3,8-12H2,(H,17,20);1H. The number of sulfonamides is 1. The fourth-order valence-corrected chi connectivity index (χ4v) is 5.37. The largest absolute Gasteiger partial charge is 0.351 e. The highest BCUT2D eigenvalue weighted by molar-refractivity contribution is 7.99. The second-order valence-corrected chi connectivity index (χ2v) is 9.07. The molecular formula is C16H24ClN3O3S2. The van der Waals surface area contributed by atoms with Gasteiger partial charge in [-0.3, -0.25) is 10.1 Å². The van der Waals surface area contributed by atoms with E-state index in [1.165, 1.54) is 0 Å². The number of hydrogen-bond acceptors (Lipinski definition) is 5. The van der Waals surface area contributed by atoms with Gasteiger partial charge in [-0.05, 0) is 30.5 Å². The third-order valence-electron chi connectivity index (χ3n) is 4.38. The Balaban J connectivity index is 0.00000225. The summed E-state index contributed by atoms with van der Waals surface area (Å²) in [4.78, 5) is 12.3. The van der Waals surface area contributed by atoms with Gasteiger partial charge in [0, 0.05) is 31.3 Å². The number of benzene rings is 1. The molecule has 0 saturated carbocycles. The zero-order chi connectivity index (χ0) is 17.0. The second kappa shape index (κ2) is 9.23. The van der Waals surface area contributed by atoms with Gasteiger partial charge >= 0.3 is 0 Å². The van der Waals surface area contributed by atoms with Gasteiger partial charge in [0.05, 0.1) is 10.9 Å². The third-order valence-corrected chi connectivity index (χ3v) is 7.23. The molecule has 9 heteroatoms. The van der Waals surface area contributed by atoms with Gasteiger partial charge in [-0.15, -0.1) is 24.2 Å². The zero-order valence-electron chi connectivity index (χ0n) is 13.9. The van der Waals surface area contributed by atoms with Crippen LogP contribution in [0.1, 0.15) is 24.8 Å². The molecule has 25 heavy (non-hydrogen) atoms. The molecule has 140 valence electrons. The van der Waals surface area contributed by atoms with E-state index in [0.717, 1.165) is 36.5 Å². The Bertz CT molecular complexity index is 670. The Morgan fingerprint density at radius 3 is 2.48 bits per heavy atom. The van der Waals surface area contributed by atoms with Crippen LogP contribution in [0.5, 0.6) is 0 Å². The van der Waals surface area contributed by atoms with Gasteiger partial charge < -0.3 is 5.32 Å². The van der Waals surface area contributed by atoms with Crippen LogP contribution in [0, 0.1) is 0 Å². The highest BCUT2D eigenvalue weighted by Gasteiger charge is 2.26. The normalized spacial score (nSPS) is 21.5. The Morgan fingerprint density at radius 2 is 1.88 bits per heavy atom. The molecule has 0 radical (unpaired) electrons. The van der Waals surface area contributed by atoms with Gasteiger partial charge in [0.25, 0.3) is 0 Å². The molecule has 2 heterocycles. The number of rotatable bonds is 5. The SMILES string of the molecule is Cl.O=C(NCc1ccc(S(=O)(=O)N2CCCCC2)cc1)C1CSCN1. The van der Waals surface area contributed by atoms with Crippen LogP contribution in [0.3, 0.4) is 0 Å². The smallest absolute Gasteiger partial charge is 0.243 e. The van der Waals surface area contributed by atoms with Crippen molar-refractivity contribution in [2.75, 3.05) is 24.7 Å². The third kappa shape index (κ3) is 5.10. The molecule has 1 aromatic carbocycles. The Hall–Kier alpha value is -0.800. The lowest BCUT2D eigenvalue weighted by atomic mass is 10.2. The minimum atomic E-state index is -3.39. The minimum absolute atomic E-state index is 0. The molecule has 2 fully saturated rings. The lowest BCUT2D eigenvalue weighted by molar-refractivity contribution is -0.122. The van der Waals surface area contributed by atoms with Crippen LogP contribution in [0.4, 0.5) is 0 Å². The van der Waals surface area contributed by atoms with Crippen molar-refractivity contribution in [1.29, 1.82) is 0 Å². The van der Waals surface area contributed by atoms with E-state index >= 15 is 0 Å². The average molecular weight is 406 g/mol. The second-order valence-electron chi connectivity index (χ2n) is 6.10. The predicted octanol–water partition coefficient (Wildman–Crippen LogP) is 1.56. The van der Waals surface area contributed by atoms with Gasteiger partial charge in [0.2, 0.25) is 15.9 Å². The number of thioether (sulfide) groups is 1. The molecular weight excluding hydrogens is 382 g/mol. The van der Waals surface area contributed by atoms with Crippen LogP contribution < -0.4 is 10.6 Å². The molecule has 2 aliphatic rings. The van der Waals surface area contributed by atoms with Crippen molar-refractivity contribution in [3.63, 3.8) is 0 Å². The van der Waals surface area contributed by atoms with Gasteiger partial charge in [-0.2, -0.15) is 4.31 Å². The molecule has 0 aliphatic carbocycles. The van der Waals surface area contributed by atoms with Crippen LogP contribution in [0.25, 0.3) is 0 Å². The maximum Gasteiger partial charge on any atom is 0.243 e. The summed E-state index contributed by atoms with van der Waals surface area (Å²) < 4.78 is 26.7. The van der Waals surface area contributed by atoms with E-state index < -0.39 is 10.0 Å². The molecule has 0 aromatic heterocycles. The van der Waals surface area contributed by atoms with Crippen LogP contribution in [0.2, 0.25) is 0 Å². The lowest BCUT2D eigenvalue weighted by Gasteiger charge is -2.25. The summed E-state index contributed by atoms with van der Waals surface area (Å²) in [5.41, 5.74) is 0.895.